The van der Waals surface area contributed by atoms with Gasteiger partial charge in [-0.15, -0.1) is 0 Å². The molecule has 0 bridgehead atoms. The molecule has 1 aliphatic rings. The molecule has 29 heavy (non-hydrogen) atoms. The fourth-order valence-electron chi connectivity index (χ4n) is 2.92. The Morgan fingerprint density at radius 2 is 1.69 bits per heavy atom. The first-order valence-corrected chi connectivity index (χ1v) is 11.0. The molecule has 2 aromatic rings. The van der Waals surface area contributed by atoms with Gasteiger partial charge in [-0.05, 0) is 56.2 Å². The monoisotopic (exact) mass is 436 g/mol. The molecule has 1 amide bonds. The number of amides is 1. The molecule has 0 saturated carbocycles. The first-order chi connectivity index (χ1) is 13.8. The van der Waals surface area contributed by atoms with Gasteiger partial charge in [0.05, 0.1) is 21.2 Å². The average molecular weight is 437 g/mol. The van der Waals surface area contributed by atoms with Crippen LogP contribution in [0.25, 0.3) is 0 Å². The summed E-state index contributed by atoms with van der Waals surface area (Å²) in [7, 11) is -3.55. The lowest BCUT2D eigenvalue weighted by Crippen LogP contribution is -2.30. The van der Waals surface area contributed by atoms with E-state index in [0.717, 1.165) is 12.8 Å². The van der Waals surface area contributed by atoms with Gasteiger partial charge in [0.25, 0.3) is 5.91 Å². The summed E-state index contributed by atoms with van der Waals surface area (Å²) in [6, 6.07) is 12.2. The normalized spacial score (nSPS) is 15.7. The summed E-state index contributed by atoms with van der Waals surface area (Å²) in [5.41, 5.74) is 0.571. The highest BCUT2D eigenvalue weighted by atomic mass is 35.5. The minimum absolute atomic E-state index is 0.125. The lowest BCUT2D eigenvalue weighted by molar-refractivity contribution is -0.123. The van der Waals surface area contributed by atoms with Crippen molar-refractivity contribution in [1.82, 2.24) is 4.31 Å². The summed E-state index contributed by atoms with van der Waals surface area (Å²) in [5.74, 6) is -1.25. The molecule has 2 aromatic carbocycles. The van der Waals surface area contributed by atoms with Gasteiger partial charge in [-0.3, -0.25) is 4.79 Å². The van der Waals surface area contributed by atoms with Crippen LogP contribution in [0.2, 0.25) is 5.02 Å². The van der Waals surface area contributed by atoms with Crippen LogP contribution in [0.1, 0.15) is 30.1 Å². The van der Waals surface area contributed by atoms with Gasteiger partial charge >= 0.3 is 5.97 Å². The Kier molecular flexibility index (Phi) is 6.56. The van der Waals surface area contributed by atoms with Crippen molar-refractivity contribution in [2.24, 2.45) is 0 Å². The summed E-state index contributed by atoms with van der Waals surface area (Å²) in [5, 5.41) is 2.96. The molecule has 1 heterocycles. The maximum absolute atomic E-state index is 12.5. The molecule has 9 heteroatoms. The van der Waals surface area contributed by atoms with Crippen molar-refractivity contribution in [1.29, 1.82) is 0 Å². The van der Waals surface area contributed by atoms with Crippen LogP contribution in [-0.2, 0) is 19.6 Å². The highest BCUT2D eigenvalue weighted by Crippen LogP contribution is 2.22. The molecule has 154 valence electrons. The van der Waals surface area contributed by atoms with Gasteiger partial charge in [-0.25, -0.2) is 13.2 Å². The first kappa shape index (κ1) is 21.3. The molecular weight excluding hydrogens is 416 g/mol. The number of halogens is 1. The number of para-hydroxylation sites is 1. The predicted octanol–water partition coefficient (Wildman–Crippen LogP) is 3.31. The fourth-order valence-corrected chi connectivity index (χ4v) is 4.62. The molecule has 0 aliphatic carbocycles. The van der Waals surface area contributed by atoms with Crippen LogP contribution in [0.5, 0.6) is 0 Å². The van der Waals surface area contributed by atoms with E-state index in [4.69, 9.17) is 16.3 Å². The summed E-state index contributed by atoms with van der Waals surface area (Å²) in [4.78, 5) is 24.7. The molecule has 0 radical (unpaired) electrons. The third-order valence-electron chi connectivity index (χ3n) is 4.58. The van der Waals surface area contributed by atoms with Crippen LogP contribution in [0.3, 0.4) is 0 Å². The van der Waals surface area contributed by atoms with E-state index in [0.29, 0.717) is 23.8 Å². The second kappa shape index (κ2) is 8.94. The minimum atomic E-state index is -3.55. The Morgan fingerprint density at radius 1 is 1.07 bits per heavy atom. The van der Waals surface area contributed by atoms with Crippen molar-refractivity contribution in [3.8, 4) is 0 Å². The number of anilines is 1. The smallest absolute Gasteiger partial charge is 0.338 e. The Morgan fingerprint density at radius 3 is 2.31 bits per heavy atom. The number of sulfonamides is 1. The molecule has 1 aliphatic heterocycles. The number of carbonyl (C=O) groups is 2. The van der Waals surface area contributed by atoms with Crippen LogP contribution in [0, 0.1) is 0 Å². The average Bonchev–Trinajstić information content (AvgIpc) is 3.25. The molecule has 1 atom stereocenters. The van der Waals surface area contributed by atoms with Crippen molar-refractivity contribution >= 4 is 39.2 Å². The molecule has 3 rings (SSSR count). The van der Waals surface area contributed by atoms with E-state index in [9.17, 15) is 18.0 Å². The van der Waals surface area contributed by atoms with E-state index in [2.05, 4.69) is 5.32 Å². The van der Waals surface area contributed by atoms with E-state index in [1.54, 1.807) is 24.3 Å². The quantitative estimate of drug-likeness (QED) is 0.701. The molecular formula is C20H21ClN2O5S. The summed E-state index contributed by atoms with van der Waals surface area (Å²) >= 11 is 6.00. The molecule has 1 fully saturated rings. The number of esters is 1. The first-order valence-electron chi connectivity index (χ1n) is 9.15. The molecule has 7 nitrogen and oxygen atoms in total. The zero-order valence-corrected chi connectivity index (χ0v) is 17.4. The zero-order chi connectivity index (χ0) is 21.0. The van der Waals surface area contributed by atoms with Crippen LogP contribution in [0.15, 0.2) is 53.4 Å². The van der Waals surface area contributed by atoms with Gasteiger partial charge in [-0.1, -0.05) is 23.7 Å². The summed E-state index contributed by atoms with van der Waals surface area (Å²) in [6.45, 7) is 2.45. The lowest BCUT2D eigenvalue weighted by Gasteiger charge is -2.16. The van der Waals surface area contributed by atoms with Gasteiger partial charge in [0.1, 0.15) is 0 Å². The van der Waals surface area contributed by atoms with E-state index >= 15 is 0 Å². The number of benzene rings is 2. The van der Waals surface area contributed by atoms with Crippen molar-refractivity contribution in [3.05, 3.63) is 59.1 Å². The highest BCUT2D eigenvalue weighted by molar-refractivity contribution is 7.89. The molecule has 0 aromatic heterocycles. The number of rotatable bonds is 6. The van der Waals surface area contributed by atoms with E-state index < -0.39 is 28.0 Å². The SMILES string of the molecule is CC(OC(=O)c1ccc(S(=O)(=O)N2CCCC2)cc1)C(=O)Nc1ccccc1Cl. The summed E-state index contributed by atoms with van der Waals surface area (Å²) in [6.07, 6.45) is 0.627. The van der Waals surface area contributed by atoms with E-state index in [1.165, 1.54) is 35.5 Å². The van der Waals surface area contributed by atoms with E-state index in [-0.39, 0.29) is 10.5 Å². The third-order valence-corrected chi connectivity index (χ3v) is 6.82. The van der Waals surface area contributed by atoms with Crippen molar-refractivity contribution in [2.75, 3.05) is 18.4 Å². The number of hydrogen-bond donors (Lipinski definition) is 1. The topological polar surface area (TPSA) is 92.8 Å². The standard InChI is InChI=1S/C20H21ClN2O5S/c1-14(19(24)22-18-7-3-2-6-17(18)21)28-20(25)15-8-10-16(11-9-15)29(26,27)23-12-4-5-13-23/h2-3,6-11,14H,4-5,12-13H2,1H3,(H,22,24). The Hall–Kier alpha value is -2.42. The number of nitrogens with one attached hydrogen (secondary N) is 1. The van der Waals surface area contributed by atoms with Crippen molar-refractivity contribution in [3.63, 3.8) is 0 Å². The van der Waals surface area contributed by atoms with Crippen LogP contribution in [0.4, 0.5) is 5.69 Å². The summed E-state index contributed by atoms with van der Waals surface area (Å²) < 4.78 is 31.7. The minimum Gasteiger partial charge on any atom is -0.449 e. The van der Waals surface area contributed by atoms with Gasteiger partial charge in [0.2, 0.25) is 10.0 Å². The fraction of sp³-hybridized carbons (Fsp3) is 0.300. The maximum Gasteiger partial charge on any atom is 0.338 e. The zero-order valence-electron chi connectivity index (χ0n) is 15.8. The Balaban J connectivity index is 1.63. The Labute approximate surface area is 174 Å². The van der Waals surface area contributed by atoms with Crippen LogP contribution >= 0.6 is 11.6 Å². The number of carbonyl (C=O) groups excluding carboxylic acids is 2. The van der Waals surface area contributed by atoms with Gasteiger partial charge in [0.15, 0.2) is 6.10 Å². The molecule has 1 N–H and O–H groups in total. The number of ether oxygens (including phenoxy) is 1. The van der Waals surface area contributed by atoms with Crippen LogP contribution in [-0.4, -0.2) is 43.8 Å². The predicted molar refractivity (Wildman–Crippen MR) is 109 cm³/mol. The van der Waals surface area contributed by atoms with Gasteiger partial charge in [-0.2, -0.15) is 4.31 Å². The number of nitrogens with zero attached hydrogens (tertiary/aromatic N) is 1. The highest BCUT2D eigenvalue weighted by Gasteiger charge is 2.27. The van der Waals surface area contributed by atoms with Crippen molar-refractivity contribution < 1.29 is 22.7 Å². The third kappa shape index (κ3) is 4.95. The molecule has 1 unspecified atom stereocenters. The lowest BCUT2D eigenvalue weighted by atomic mass is 10.2. The van der Waals surface area contributed by atoms with E-state index in [1.807, 2.05) is 0 Å². The molecule has 1 saturated heterocycles. The maximum atomic E-state index is 12.5. The van der Waals surface area contributed by atoms with Crippen LogP contribution < -0.4 is 5.32 Å². The molecule has 0 spiro atoms. The van der Waals surface area contributed by atoms with Gasteiger partial charge < -0.3 is 10.1 Å². The second-order valence-corrected chi connectivity index (χ2v) is 9.00. The second-order valence-electron chi connectivity index (χ2n) is 6.65. The Bertz CT molecular complexity index is 1000. The van der Waals surface area contributed by atoms with Crippen molar-refractivity contribution in [2.45, 2.75) is 30.8 Å². The number of hydrogen-bond acceptors (Lipinski definition) is 5. The largest absolute Gasteiger partial charge is 0.449 e. The van der Waals surface area contributed by atoms with Gasteiger partial charge in [0, 0.05) is 13.1 Å².